The van der Waals surface area contributed by atoms with Crippen molar-refractivity contribution in [1.29, 1.82) is 0 Å². The summed E-state index contributed by atoms with van der Waals surface area (Å²) in [6.07, 6.45) is 0.980. The third-order valence-corrected chi connectivity index (χ3v) is 5.10. The number of rotatable bonds is 5. The Bertz CT molecular complexity index is 712. The van der Waals surface area contributed by atoms with Crippen LogP contribution in [0.2, 0.25) is 0 Å². The summed E-state index contributed by atoms with van der Waals surface area (Å²) >= 11 is 1.79. The number of anilines is 1. The van der Waals surface area contributed by atoms with Gasteiger partial charge in [0.15, 0.2) is 0 Å². The maximum atomic E-state index is 12.4. The minimum Gasteiger partial charge on any atom is -0.481 e. The summed E-state index contributed by atoms with van der Waals surface area (Å²) in [6.45, 7) is 3.28. The van der Waals surface area contributed by atoms with Crippen molar-refractivity contribution in [3.05, 3.63) is 28.0 Å². The number of aromatic nitrogens is 2. The van der Waals surface area contributed by atoms with E-state index in [4.69, 9.17) is 9.47 Å². The van der Waals surface area contributed by atoms with Crippen molar-refractivity contribution in [2.45, 2.75) is 19.4 Å². The highest BCUT2D eigenvalue weighted by molar-refractivity contribution is 7.10. The molecule has 0 saturated carbocycles. The fourth-order valence-corrected chi connectivity index (χ4v) is 3.76. The topological polar surface area (TPSA) is 76.6 Å². The summed E-state index contributed by atoms with van der Waals surface area (Å²) in [5, 5.41) is 4.83. The summed E-state index contributed by atoms with van der Waals surface area (Å²) in [7, 11) is 3.00. The van der Waals surface area contributed by atoms with E-state index >= 15 is 0 Å². The van der Waals surface area contributed by atoms with Gasteiger partial charge in [0, 0.05) is 17.5 Å². The van der Waals surface area contributed by atoms with Gasteiger partial charge < -0.3 is 9.47 Å². The Kier molecular flexibility index (Phi) is 4.96. The Morgan fingerprint density at radius 1 is 1.38 bits per heavy atom. The Balaban J connectivity index is 1.66. The van der Waals surface area contributed by atoms with Crippen LogP contribution in [0.1, 0.15) is 23.4 Å². The first kappa shape index (κ1) is 16.7. The monoisotopic (exact) mass is 348 g/mol. The molecule has 3 rings (SSSR count). The van der Waals surface area contributed by atoms with E-state index in [0.29, 0.717) is 18.3 Å². The van der Waals surface area contributed by atoms with E-state index in [1.807, 2.05) is 0 Å². The normalized spacial score (nSPS) is 17.2. The van der Waals surface area contributed by atoms with E-state index in [0.717, 1.165) is 13.0 Å². The molecule has 1 atom stereocenters. The van der Waals surface area contributed by atoms with Gasteiger partial charge in [-0.25, -0.2) is 0 Å². The Morgan fingerprint density at radius 2 is 2.08 bits per heavy atom. The van der Waals surface area contributed by atoms with Crippen LogP contribution >= 0.6 is 11.3 Å². The zero-order valence-corrected chi connectivity index (χ0v) is 14.7. The highest BCUT2D eigenvalue weighted by atomic mass is 32.1. The molecule has 3 heterocycles. The lowest BCUT2D eigenvalue weighted by atomic mass is 10.0. The van der Waals surface area contributed by atoms with Gasteiger partial charge in [0.25, 0.3) is 0 Å². The van der Waals surface area contributed by atoms with Gasteiger partial charge in [0.05, 0.1) is 26.8 Å². The first-order valence-corrected chi connectivity index (χ1v) is 8.56. The van der Waals surface area contributed by atoms with Crippen LogP contribution in [0.3, 0.4) is 0 Å². The van der Waals surface area contributed by atoms with Gasteiger partial charge in [-0.3, -0.25) is 15.0 Å². The third kappa shape index (κ3) is 3.49. The van der Waals surface area contributed by atoms with Crippen LogP contribution in [-0.2, 0) is 11.2 Å². The number of ether oxygens (including phenoxy) is 2. The molecule has 0 fully saturated rings. The molecule has 1 amide bonds. The van der Waals surface area contributed by atoms with Gasteiger partial charge in [-0.2, -0.15) is 9.97 Å². The smallest absolute Gasteiger partial charge is 0.240 e. The number of hydrogen-bond acceptors (Lipinski definition) is 7. The quantitative estimate of drug-likeness (QED) is 0.892. The molecule has 2 aromatic heterocycles. The van der Waals surface area contributed by atoms with Crippen LogP contribution in [-0.4, -0.2) is 48.1 Å². The van der Waals surface area contributed by atoms with Gasteiger partial charge >= 0.3 is 0 Å². The molecule has 7 nitrogen and oxygen atoms in total. The predicted molar refractivity (Wildman–Crippen MR) is 91.8 cm³/mol. The van der Waals surface area contributed by atoms with Gasteiger partial charge in [-0.05, 0) is 30.4 Å². The van der Waals surface area contributed by atoms with Crippen LogP contribution in [0, 0.1) is 0 Å². The molecule has 8 heteroatoms. The van der Waals surface area contributed by atoms with Crippen LogP contribution in [0.4, 0.5) is 5.95 Å². The largest absolute Gasteiger partial charge is 0.481 e. The summed E-state index contributed by atoms with van der Waals surface area (Å²) < 4.78 is 10.2. The summed E-state index contributed by atoms with van der Waals surface area (Å²) in [5.41, 5.74) is 1.32. The van der Waals surface area contributed by atoms with Crippen LogP contribution in [0.5, 0.6) is 11.8 Å². The van der Waals surface area contributed by atoms with Gasteiger partial charge in [0.2, 0.25) is 23.6 Å². The average Bonchev–Trinajstić information content (AvgIpc) is 3.06. The number of hydrogen-bond donors (Lipinski definition) is 1. The first-order chi connectivity index (χ1) is 11.6. The zero-order valence-electron chi connectivity index (χ0n) is 13.9. The van der Waals surface area contributed by atoms with Crippen molar-refractivity contribution in [1.82, 2.24) is 14.9 Å². The molecule has 1 N–H and O–H groups in total. The molecule has 0 spiro atoms. The number of amides is 1. The standard InChI is InChI=1S/C16H20N4O3S/c1-10-11-5-7-24-12(11)4-6-20(10)9-13(21)17-16-18-14(22-2)8-15(19-16)23-3/h5,7-8,10H,4,6,9H2,1-3H3,(H,17,18,19,21)/t10-/m0/s1. The minimum atomic E-state index is -0.157. The van der Waals surface area contributed by atoms with Crippen molar-refractivity contribution in [3.8, 4) is 11.8 Å². The van der Waals surface area contributed by atoms with E-state index < -0.39 is 0 Å². The summed E-state index contributed by atoms with van der Waals surface area (Å²) in [4.78, 5) is 24.2. The molecule has 0 unspecified atom stereocenters. The lowest BCUT2D eigenvalue weighted by Crippen LogP contribution is -2.39. The van der Waals surface area contributed by atoms with Crippen LogP contribution in [0.15, 0.2) is 17.5 Å². The van der Waals surface area contributed by atoms with Crippen molar-refractivity contribution < 1.29 is 14.3 Å². The molecule has 1 aliphatic heterocycles. The van der Waals surface area contributed by atoms with Gasteiger partial charge in [0.1, 0.15) is 0 Å². The Morgan fingerprint density at radius 3 is 2.75 bits per heavy atom. The second-order valence-corrected chi connectivity index (χ2v) is 6.52. The van der Waals surface area contributed by atoms with Gasteiger partial charge in [-0.1, -0.05) is 0 Å². The summed E-state index contributed by atoms with van der Waals surface area (Å²) in [5.74, 6) is 0.700. The fraction of sp³-hybridized carbons (Fsp3) is 0.438. The lowest BCUT2D eigenvalue weighted by molar-refractivity contribution is -0.118. The predicted octanol–water partition coefficient (Wildman–Crippen LogP) is 2.11. The minimum absolute atomic E-state index is 0.157. The molecule has 0 aromatic carbocycles. The molecular weight excluding hydrogens is 328 g/mol. The first-order valence-electron chi connectivity index (χ1n) is 7.68. The highest BCUT2D eigenvalue weighted by Gasteiger charge is 2.26. The van der Waals surface area contributed by atoms with Crippen molar-refractivity contribution in [2.24, 2.45) is 0 Å². The lowest BCUT2D eigenvalue weighted by Gasteiger charge is -2.32. The summed E-state index contributed by atoms with van der Waals surface area (Å²) in [6, 6.07) is 3.93. The average molecular weight is 348 g/mol. The fourth-order valence-electron chi connectivity index (χ4n) is 2.80. The SMILES string of the molecule is COc1cc(OC)nc(NC(=O)CN2CCc3sccc3[C@@H]2C)n1. The van der Waals surface area contributed by atoms with E-state index in [-0.39, 0.29) is 17.9 Å². The molecule has 0 bridgehead atoms. The molecule has 128 valence electrons. The molecule has 2 aromatic rings. The zero-order chi connectivity index (χ0) is 17.1. The number of carbonyl (C=O) groups excluding carboxylic acids is 1. The molecule has 24 heavy (non-hydrogen) atoms. The number of fused-ring (bicyclic) bond motifs is 1. The third-order valence-electron chi connectivity index (χ3n) is 4.10. The second-order valence-electron chi connectivity index (χ2n) is 5.52. The molecule has 0 aliphatic carbocycles. The highest BCUT2D eigenvalue weighted by Crippen LogP contribution is 2.32. The molecule has 1 aliphatic rings. The van der Waals surface area contributed by atoms with E-state index in [1.54, 1.807) is 17.4 Å². The maximum Gasteiger partial charge on any atom is 0.240 e. The van der Waals surface area contributed by atoms with Crippen molar-refractivity contribution in [2.75, 3.05) is 32.6 Å². The Hall–Kier alpha value is -2.19. The number of nitrogens with zero attached hydrogens (tertiary/aromatic N) is 3. The number of thiophene rings is 1. The molecular formula is C16H20N4O3S. The number of carbonyl (C=O) groups is 1. The number of methoxy groups -OCH3 is 2. The van der Waals surface area contributed by atoms with E-state index in [2.05, 4.69) is 38.6 Å². The van der Waals surface area contributed by atoms with Gasteiger partial charge in [-0.15, -0.1) is 11.3 Å². The van der Waals surface area contributed by atoms with Crippen LogP contribution < -0.4 is 14.8 Å². The van der Waals surface area contributed by atoms with E-state index in [1.165, 1.54) is 24.7 Å². The van der Waals surface area contributed by atoms with E-state index in [9.17, 15) is 4.79 Å². The second kappa shape index (κ2) is 7.14. The number of nitrogens with one attached hydrogen (secondary N) is 1. The van der Waals surface area contributed by atoms with Crippen molar-refractivity contribution in [3.63, 3.8) is 0 Å². The van der Waals surface area contributed by atoms with Crippen molar-refractivity contribution >= 4 is 23.2 Å². The molecule has 0 saturated heterocycles. The Labute approximate surface area is 144 Å². The molecule has 0 radical (unpaired) electrons. The van der Waals surface area contributed by atoms with Crippen LogP contribution in [0.25, 0.3) is 0 Å². The maximum absolute atomic E-state index is 12.4.